The lowest BCUT2D eigenvalue weighted by Gasteiger charge is -2.21. The maximum Gasteiger partial charge on any atom is 0.142 e. The van der Waals surface area contributed by atoms with Crippen molar-refractivity contribution in [2.24, 2.45) is 5.16 Å². The van der Waals surface area contributed by atoms with E-state index < -0.39 is 0 Å². The Hall–Kier alpha value is -3.33. The zero-order chi connectivity index (χ0) is 24.8. The van der Waals surface area contributed by atoms with Gasteiger partial charge in [-0.1, -0.05) is 53.2 Å². The molecule has 3 aromatic carbocycles. The van der Waals surface area contributed by atoms with Crippen molar-refractivity contribution in [1.29, 1.82) is 0 Å². The van der Waals surface area contributed by atoms with Crippen molar-refractivity contribution in [2.45, 2.75) is 62.0 Å². The van der Waals surface area contributed by atoms with Gasteiger partial charge in [0.2, 0.25) is 0 Å². The van der Waals surface area contributed by atoms with Gasteiger partial charge in [0.05, 0.1) is 5.71 Å². The molecule has 0 bridgehead atoms. The lowest BCUT2D eigenvalue weighted by Crippen LogP contribution is -2.01. The summed E-state index contributed by atoms with van der Waals surface area (Å²) in [4.78, 5) is 5.40. The molecule has 3 rings (SSSR count). The molecule has 3 nitrogen and oxygen atoms in total. The Labute approximate surface area is 205 Å². The van der Waals surface area contributed by atoms with Crippen molar-refractivity contribution >= 4 is 11.4 Å². The first-order valence-electron chi connectivity index (χ1n) is 12.0. The molecule has 0 aromatic heterocycles. The molecule has 0 aliphatic heterocycles. The van der Waals surface area contributed by atoms with Crippen molar-refractivity contribution in [3.8, 4) is 22.3 Å². The second-order valence-electron chi connectivity index (χ2n) is 9.50. The second-order valence-corrected chi connectivity index (χ2v) is 9.50. The van der Waals surface area contributed by atoms with E-state index in [1.54, 1.807) is 0 Å². The summed E-state index contributed by atoms with van der Waals surface area (Å²) in [7, 11) is 0. The molecule has 0 saturated heterocycles. The molecule has 3 heteroatoms. The van der Waals surface area contributed by atoms with Crippen LogP contribution in [0.15, 0.2) is 65.3 Å². The van der Waals surface area contributed by atoms with Crippen molar-refractivity contribution in [3.05, 3.63) is 88.0 Å². The largest absolute Gasteiger partial charge is 0.391 e. The normalized spacial score (nSPS) is 10.6. The minimum absolute atomic E-state index is 0.486. The summed E-state index contributed by atoms with van der Waals surface area (Å²) in [5.74, 6) is 0. The van der Waals surface area contributed by atoms with E-state index in [4.69, 9.17) is 4.84 Å². The molecular weight excluding hydrogens is 416 g/mol. The molecule has 0 aliphatic carbocycles. The summed E-state index contributed by atoms with van der Waals surface area (Å²) >= 11 is 0. The van der Waals surface area contributed by atoms with Gasteiger partial charge in [-0.2, -0.15) is 0 Å². The van der Waals surface area contributed by atoms with Gasteiger partial charge < -0.3 is 10.2 Å². The first-order valence-corrected chi connectivity index (χ1v) is 12.0. The molecule has 0 spiro atoms. The number of rotatable bonds is 8. The van der Waals surface area contributed by atoms with E-state index in [9.17, 15) is 0 Å². The molecule has 0 fully saturated rings. The summed E-state index contributed by atoms with van der Waals surface area (Å²) in [5, 5.41) is 7.49. The van der Waals surface area contributed by atoms with Crippen molar-refractivity contribution in [3.63, 3.8) is 0 Å². The van der Waals surface area contributed by atoms with E-state index in [1.165, 1.54) is 50.1 Å². The Morgan fingerprint density at radius 2 is 1.21 bits per heavy atom. The fraction of sp³-hybridized carbons (Fsp3) is 0.323. The summed E-state index contributed by atoms with van der Waals surface area (Å²) in [5.41, 5.74) is 15.0. The Morgan fingerprint density at radius 3 is 1.65 bits per heavy atom. The van der Waals surface area contributed by atoms with Crippen molar-refractivity contribution in [2.75, 3.05) is 11.9 Å². The fourth-order valence-electron chi connectivity index (χ4n) is 4.31. The van der Waals surface area contributed by atoms with Gasteiger partial charge in [0.25, 0.3) is 0 Å². The average Bonchev–Trinajstić information content (AvgIpc) is 2.79. The van der Waals surface area contributed by atoms with Gasteiger partial charge >= 0.3 is 0 Å². The molecule has 0 radical (unpaired) electrons. The molecule has 0 atom stereocenters. The predicted molar refractivity (Wildman–Crippen MR) is 148 cm³/mol. The molecule has 3 aromatic rings. The van der Waals surface area contributed by atoms with Crippen molar-refractivity contribution < 1.29 is 4.84 Å². The molecule has 34 heavy (non-hydrogen) atoms. The maximum absolute atomic E-state index is 5.40. The SMILES string of the molecule is CC(C)=CCNc1ccc(-c2c(C)c(C)c(-c3ccc(CON=C(C)C)cc3)c(C)c2C)cc1. The van der Waals surface area contributed by atoms with E-state index in [2.05, 4.69) is 107 Å². The van der Waals surface area contributed by atoms with Crippen LogP contribution < -0.4 is 5.32 Å². The van der Waals surface area contributed by atoms with Crippen LogP contribution in [-0.2, 0) is 11.4 Å². The summed E-state index contributed by atoms with van der Waals surface area (Å²) in [6.07, 6.45) is 2.20. The Balaban J connectivity index is 1.90. The average molecular weight is 455 g/mol. The molecule has 0 saturated carbocycles. The minimum Gasteiger partial charge on any atom is -0.391 e. The molecule has 178 valence electrons. The van der Waals surface area contributed by atoms with Gasteiger partial charge in [-0.15, -0.1) is 0 Å². The van der Waals surface area contributed by atoms with Gasteiger partial charge in [-0.3, -0.25) is 0 Å². The summed E-state index contributed by atoms with van der Waals surface area (Å²) in [6.45, 7) is 18.4. The molecule has 1 N–H and O–H groups in total. The molecule has 0 amide bonds. The molecule has 0 heterocycles. The standard InChI is InChI=1S/C31H38N2O/c1-20(2)17-18-32-29-15-13-28(14-16-29)31-24(7)22(5)30(23(6)25(31)8)27-11-9-26(10-12-27)19-34-33-21(3)4/h9-17,32H,18-19H2,1-8H3. The highest BCUT2D eigenvalue weighted by Gasteiger charge is 2.17. The van der Waals surface area contributed by atoms with Gasteiger partial charge in [-0.25, -0.2) is 0 Å². The van der Waals surface area contributed by atoms with Crippen LogP contribution >= 0.6 is 0 Å². The van der Waals surface area contributed by atoms with Crippen molar-refractivity contribution in [1.82, 2.24) is 0 Å². The number of hydrogen-bond acceptors (Lipinski definition) is 3. The van der Waals surface area contributed by atoms with Crippen LogP contribution in [0.1, 0.15) is 55.5 Å². The monoisotopic (exact) mass is 454 g/mol. The third-order valence-electron chi connectivity index (χ3n) is 6.34. The Bertz CT molecular complexity index is 1070. The lowest BCUT2D eigenvalue weighted by atomic mass is 9.83. The van der Waals surface area contributed by atoms with Gasteiger partial charge in [0.15, 0.2) is 0 Å². The smallest absolute Gasteiger partial charge is 0.142 e. The van der Waals surface area contributed by atoms with Gasteiger partial charge in [0, 0.05) is 12.2 Å². The predicted octanol–water partition coefficient (Wildman–Crippen LogP) is 8.54. The molecular formula is C31H38N2O. The van der Waals surface area contributed by atoms with E-state index in [-0.39, 0.29) is 0 Å². The summed E-state index contributed by atoms with van der Waals surface area (Å²) in [6, 6.07) is 17.5. The van der Waals surface area contributed by atoms with Crippen LogP contribution in [0.2, 0.25) is 0 Å². The number of oxime groups is 1. The molecule has 0 aliphatic rings. The van der Waals surface area contributed by atoms with E-state index in [0.29, 0.717) is 6.61 Å². The zero-order valence-electron chi connectivity index (χ0n) is 22.0. The quantitative estimate of drug-likeness (QED) is 0.210. The number of anilines is 1. The molecule has 0 unspecified atom stereocenters. The van der Waals surface area contributed by atoms with Crippen LogP contribution in [-0.4, -0.2) is 12.3 Å². The second kappa shape index (κ2) is 11.2. The van der Waals surface area contributed by atoms with Gasteiger partial charge in [-0.05, 0) is 118 Å². The highest BCUT2D eigenvalue weighted by Crippen LogP contribution is 2.39. The fourth-order valence-corrected chi connectivity index (χ4v) is 4.31. The minimum atomic E-state index is 0.486. The Kier molecular flexibility index (Phi) is 8.33. The zero-order valence-corrected chi connectivity index (χ0v) is 22.0. The van der Waals surface area contributed by atoms with Crippen LogP contribution in [0.3, 0.4) is 0 Å². The van der Waals surface area contributed by atoms with E-state index in [1.807, 2.05) is 13.8 Å². The highest BCUT2D eigenvalue weighted by atomic mass is 16.6. The first-order chi connectivity index (χ1) is 16.2. The maximum atomic E-state index is 5.40. The Morgan fingerprint density at radius 1 is 0.735 bits per heavy atom. The number of benzene rings is 3. The topological polar surface area (TPSA) is 33.6 Å². The van der Waals surface area contributed by atoms with Gasteiger partial charge in [0.1, 0.15) is 6.61 Å². The van der Waals surface area contributed by atoms with E-state index >= 15 is 0 Å². The number of nitrogens with zero attached hydrogens (tertiary/aromatic N) is 1. The summed E-state index contributed by atoms with van der Waals surface area (Å²) < 4.78 is 0. The van der Waals surface area contributed by atoms with Crippen LogP contribution in [0.25, 0.3) is 22.3 Å². The highest BCUT2D eigenvalue weighted by molar-refractivity contribution is 5.83. The lowest BCUT2D eigenvalue weighted by molar-refractivity contribution is 0.130. The number of nitrogens with one attached hydrogen (secondary N) is 1. The number of allylic oxidation sites excluding steroid dienone is 1. The van der Waals surface area contributed by atoms with Crippen LogP contribution in [0.4, 0.5) is 5.69 Å². The first kappa shape index (κ1) is 25.3. The number of hydrogen-bond donors (Lipinski definition) is 1. The third kappa shape index (κ3) is 5.96. The van der Waals surface area contributed by atoms with Crippen LogP contribution in [0, 0.1) is 27.7 Å². The van der Waals surface area contributed by atoms with Crippen LogP contribution in [0.5, 0.6) is 0 Å². The van der Waals surface area contributed by atoms with E-state index in [0.717, 1.165) is 23.5 Å². The third-order valence-corrected chi connectivity index (χ3v) is 6.34.